The fraction of sp³-hybridized carbons (Fsp3) is 0.300. The topological polar surface area (TPSA) is 63.0 Å². The van der Waals surface area contributed by atoms with Crippen LogP contribution in [0.15, 0.2) is 12.1 Å². The molecule has 0 aromatic carbocycles. The van der Waals surface area contributed by atoms with Crippen LogP contribution in [-0.4, -0.2) is 17.6 Å². The lowest BCUT2D eigenvalue weighted by atomic mass is 10.1. The zero-order valence-electron chi connectivity index (χ0n) is 8.16. The van der Waals surface area contributed by atoms with Crippen LogP contribution in [0.1, 0.15) is 18.2 Å². The number of halogens is 1. The number of esters is 1. The lowest BCUT2D eigenvalue weighted by molar-refractivity contribution is -0.142. The smallest absolute Gasteiger partial charge is 0.310 e. The molecule has 1 aromatic rings. The van der Waals surface area contributed by atoms with Gasteiger partial charge in [-0.25, -0.2) is 4.98 Å². The third-order valence-electron chi connectivity index (χ3n) is 1.69. The summed E-state index contributed by atoms with van der Waals surface area (Å²) in [6.07, 6.45) is -0.0655. The minimum absolute atomic E-state index is 0.0655. The minimum atomic E-state index is -0.737. The molecule has 1 aromatic heterocycles. The van der Waals surface area contributed by atoms with Gasteiger partial charge in [0.1, 0.15) is 11.8 Å². The summed E-state index contributed by atoms with van der Waals surface area (Å²) in [6, 6.07) is 4.19. The molecule has 0 saturated heterocycles. The Balaban J connectivity index is 2.86. The number of carbonyl (C=O) groups is 1. The van der Waals surface area contributed by atoms with Crippen LogP contribution in [0.2, 0.25) is 0 Å². The maximum absolute atomic E-state index is 12.6. The monoisotopic (exact) mass is 208 g/mol. The third kappa shape index (κ3) is 3.02. The number of ether oxygens (including phenoxy) is 1. The predicted octanol–water partition coefficient (Wildman–Crippen LogP) is 1.20. The van der Waals surface area contributed by atoms with E-state index in [2.05, 4.69) is 4.98 Å². The molecule has 0 amide bonds. The molecule has 0 aliphatic rings. The summed E-state index contributed by atoms with van der Waals surface area (Å²) in [4.78, 5) is 14.5. The first-order valence-corrected chi connectivity index (χ1v) is 4.38. The first-order valence-electron chi connectivity index (χ1n) is 4.38. The summed E-state index contributed by atoms with van der Waals surface area (Å²) in [6.45, 7) is 1.96. The van der Waals surface area contributed by atoms with Gasteiger partial charge in [0.2, 0.25) is 5.95 Å². The van der Waals surface area contributed by atoms with Gasteiger partial charge < -0.3 is 4.74 Å². The molecular formula is C10H9FN2O2. The summed E-state index contributed by atoms with van der Waals surface area (Å²) >= 11 is 0. The van der Waals surface area contributed by atoms with E-state index in [1.165, 1.54) is 6.07 Å². The van der Waals surface area contributed by atoms with Crippen LogP contribution in [0.3, 0.4) is 0 Å². The zero-order chi connectivity index (χ0) is 11.3. The van der Waals surface area contributed by atoms with Gasteiger partial charge in [-0.05, 0) is 18.6 Å². The van der Waals surface area contributed by atoms with E-state index in [0.29, 0.717) is 5.56 Å². The maximum atomic E-state index is 12.6. The van der Waals surface area contributed by atoms with E-state index in [4.69, 9.17) is 10.00 Å². The maximum Gasteiger partial charge on any atom is 0.310 e. The van der Waals surface area contributed by atoms with Crippen molar-refractivity contribution >= 4 is 5.97 Å². The number of nitriles is 1. The van der Waals surface area contributed by atoms with Crippen LogP contribution in [0.25, 0.3) is 0 Å². The van der Waals surface area contributed by atoms with Gasteiger partial charge in [-0.2, -0.15) is 9.65 Å². The number of hydrogen-bond donors (Lipinski definition) is 0. The first-order chi connectivity index (χ1) is 7.17. The standard InChI is InChI=1S/C10H9FN2O2/c1-2-15-10(14)5-7-3-4-9(11)13-8(7)6-12/h3-4H,2,5H2,1H3. The second kappa shape index (κ2) is 5.05. The number of pyridine rings is 1. The summed E-state index contributed by atoms with van der Waals surface area (Å²) in [5, 5.41) is 8.65. The van der Waals surface area contributed by atoms with E-state index in [9.17, 15) is 9.18 Å². The zero-order valence-corrected chi connectivity index (χ0v) is 8.16. The highest BCUT2D eigenvalue weighted by Crippen LogP contribution is 2.07. The molecule has 5 heteroatoms. The van der Waals surface area contributed by atoms with Gasteiger partial charge in [0, 0.05) is 0 Å². The molecule has 1 rings (SSSR count). The van der Waals surface area contributed by atoms with Gasteiger partial charge in [-0.1, -0.05) is 6.07 Å². The number of nitrogens with zero attached hydrogens (tertiary/aromatic N) is 2. The molecule has 0 spiro atoms. The predicted molar refractivity (Wildman–Crippen MR) is 49.2 cm³/mol. The third-order valence-corrected chi connectivity index (χ3v) is 1.69. The summed E-state index contributed by atoms with van der Waals surface area (Å²) in [7, 11) is 0. The van der Waals surface area contributed by atoms with E-state index in [0.717, 1.165) is 6.07 Å². The van der Waals surface area contributed by atoms with Gasteiger partial charge >= 0.3 is 5.97 Å². The van der Waals surface area contributed by atoms with E-state index in [-0.39, 0.29) is 18.7 Å². The number of aromatic nitrogens is 1. The van der Waals surface area contributed by atoms with Crippen molar-refractivity contribution in [3.05, 3.63) is 29.3 Å². The molecular weight excluding hydrogens is 199 g/mol. The molecule has 0 fully saturated rings. The second-order valence-electron chi connectivity index (χ2n) is 2.74. The largest absolute Gasteiger partial charge is 0.466 e. The summed E-state index contributed by atoms with van der Waals surface area (Å²) < 4.78 is 17.3. The van der Waals surface area contributed by atoms with Gasteiger partial charge in [0.25, 0.3) is 0 Å². The number of carbonyl (C=O) groups excluding carboxylic acids is 1. The van der Waals surface area contributed by atoms with Crippen LogP contribution in [0, 0.1) is 17.3 Å². The van der Waals surface area contributed by atoms with E-state index < -0.39 is 11.9 Å². The van der Waals surface area contributed by atoms with Crippen molar-refractivity contribution in [1.29, 1.82) is 5.26 Å². The Labute approximate surface area is 86.3 Å². The van der Waals surface area contributed by atoms with E-state index in [1.807, 2.05) is 0 Å². The molecule has 15 heavy (non-hydrogen) atoms. The normalized spacial score (nSPS) is 9.40. The Morgan fingerprint density at radius 1 is 1.67 bits per heavy atom. The van der Waals surface area contributed by atoms with Crippen LogP contribution >= 0.6 is 0 Å². The molecule has 0 N–H and O–H groups in total. The average molecular weight is 208 g/mol. The van der Waals surface area contributed by atoms with Crippen molar-refractivity contribution in [1.82, 2.24) is 4.98 Å². The second-order valence-corrected chi connectivity index (χ2v) is 2.74. The molecule has 0 aliphatic heterocycles. The molecule has 0 radical (unpaired) electrons. The van der Waals surface area contributed by atoms with Gasteiger partial charge in [-0.3, -0.25) is 4.79 Å². The summed E-state index contributed by atoms with van der Waals surface area (Å²) in [5.41, 5.74) is 0.292. The lowest BCUT2D eigenvalue weighted by Crippen LogP contribution is -2.09. The lowest BCUT2D eigenvalue weighted by Gasteiger charge is -2.02. The molecule has 78 valence electrons. The Hall–Kier alpha value is -1.96. The minimum Gasteiger partial charge on any atom is -0.466 e. The number of hydrogen-bond acceptors (Lipinski definition) is 4. The van der Waals surface area contributed by atoms with Crippen LogP contribution in [-0.2, 0) is 16.0 Å². The van der Waals surface area contributed by atoms with Crippen LogP contribution in [0.4, 0.5) is 4.39 Å². The fourth-order valence-corrected chi connectivity index (χ4v) is 1.07. The highest BCUT2D eigenvalue weighted by Gasteiger charge is 2.10. The van der Waals surface area contributed by atoms with Gasteiger partial charge in [0.05, 0.1) is 13.0 Å². The highest BCUT2D eigenvalue weighted by atomic mass is 19.1. The molecule has 1 heterocycles. The molecule has 4 nitrogen and oxygen atoms in total. The SMILES string of the molecule is CCOC(=O)Cc1ccc(F)nc1C#N. The fourth-order valence-electron chi connectivity index (χ4n) is 1.07. The van der Waals surface area contributed by atoms with Crippen LogP contribution in [0.5, 0.6) is 0 Å². The number of rotatable bonds is 3. The Kier molecular flexibility index (Phi) is 3.75. The Morgan fingerprint density at radius 2 is 2.40 bits per heavy atom. The van der Waals surface area contributed by atoms with Crippen molar-refractivity contribution in [3.8, 4) is 6.07 Å². The molecule has 0 saturated carbocycles. The molecule has 0 bridgehead atoms. The van der Waals surface area contributed by atoms with Gasteiger partial charge in [-0.15, -0.1) is 0 Å². The quantitative estimate of drug-likeness (QED) is 0.553. The molecule has 0 unspecified atom stereocenters. The van der Waals surface area contributed by atoms with E-state index >= 15 is 0 Å². The van der Waals surface area contributed by atoms with Gasteiger partial charge in [0.15, 0.2) is 0 Å². The van der Waals surface area contributed by atoms with E-state index in [1.54, 1.807) is 13.0 Å². The van der Waals surface area contributed by atoms with Crippen molar-refractivity contribution in [2.75, 3.05) is 6.61 Å². The average Bonchev–Trinajstić information content (AvgIpc) is 2.21. The summed E-state index contributed by atoms with van der Waals surface area (Å²) in [5.74, 6) is -1.19. The molecule has 0 aliphatic carbocycles. The van der Waals surface area contributed by atoms with Crippen molar-refractivity contribution in [3.63, 3.8) is 0 Å². The van der Waals surface area contributed by atoms with Crippen molar-refractivity contribution in [2.45, 2.75) is 13.3 Å². The highest BCUT2D eigenvalue weighted by molar-refractivity contribution is 5.73. The van der Waals surface area contributed by atoms with Crippen LogP contribution < -0.4 is 0 Å². The Bertz CT molecular complexity index is 412. The van der Waals surface area contributed by atoms with Crippen molar-refractivity contribution < 1.29 is 13.9 Å². The Morgan fingerprint density at radius 3 is 3.00 bits per heavy atom. The molecule has 0 atom stereocenters. The first kappa shape index (κ1) is 11.1. The van der Waals surface area contributed by atoms with Crippen molar-refractivity contribution in [2.24, 2.45) is 0 Å².